The Labute approximate surface area is 163 Å². The van der Waals surface area contributed by atoms with E-state index in [4.69, 9.17) is 18.7 Å². The molecule has 3 rings (SSSR count). The number of benzene rings is 1. The van der Waals surface area contributed by atoms with E-state index in [1.807, 2.05) is 43.4 Å². The molecular weight excluding hydrogens is 389 g/mol. The minimum absolute atomic E-state index is 0.226. The minimum atomic E-state index is 0.226. The molecule has 0 aliphatic carbocycles. The maximum absolute atomic E-state index is 9.96. The molecule has 0 saturated carbocycles. The highest BCUT2D eigenvalue weighted by Gasteiger charge is 2.17. The molecule has 0 amide bonds. The quantitative estimate of drug-likeness (QED) is 0.734. The van der Waals surface area contributed by atoms with Gasteiger partial charge in [0.15, 0.2) is 0 Å². The predicted octanol–water partition coefficient (Wildman–Crippen LogP) is 4.06. The zero-order valence-corrected chi connectivity index (χ0v) is 16.1. The van der Waals surface area contributed by atoms with E-state index in [-0.39, 0.29) is 5.75 Å². The van der Waals surface area contributed by atoms with Crippen LogP contribution in [0.3, 0.4) is 0 Å². The van der Waals surface area contributed by atoms with Crippen molar-refractivity contribution in [1.82, 2.24) is 4.48 Å². The van der Waals surface area contributed by atoms with Gasteiger partial charge in [-0.05, 0) is 80.2 Å². The first kappa shape index (κ1) is 18.5. The summed E-state index contributed by atoms with van der Waals surface area (Å²) < 4.78 is 2.50. The van der Waals surface area contributed by atoms with Gasteiger partial charge in [0.2, 0.25) is 7.98 Å². The molecule has 2 heterocycles. The van der Waals surface area contributed by atoms with Crippen molar-refractivity contribution >= 4 is 41.3 Å². The van der Waals surface area contributed by atoms with Crippen molar-refractivity contribution in [1.29, 1.82) is 0 Å². The maximum atomic E-state index is 9.96. The minimum Gasteiger partial charge on any atom is -0.507 e. The molecule has 1 aliphatic heterocycles. The van der Waals surface area contributed by atoms with Gasteiger partial charge in [-0.15, -0.1) is 0 Å². The standard InChI is InChI=1S/C20H19BBrN3O/c1-13-11-16(6-4-14-12-15(22)5-7-19(14)26)24-20(13)17(8-9-23)18-3-2-10-25(18)21/h2-7,10-12,26H,8-9,23H2,1H3/b6-4+,20-17-. The monoisotopic (exact) mass is 407 g/mol. The van der Waals surface area contributed by atoms with Gasteiger partial charge in [0, 0.05) is 21.3 Å². The van der Waals surface area contributed by atoms with E-state index in [1.54, 1.807) is 22.8 Å². The Bertz CT molecular complexity index is 954. The lowest BCUT2D eigenvalue weighted by Crippen LogP contribution is -2.05. The zero-order chi connectivity index (χ0) is 18.7. The van der Waals surface area contributed by atoms with Crippen molar-refractivity contribution < 1.29 is 5.11 Å². The number of hydrogen-bond donors (Lipinski definition) is 2. The molecule has 0 unspecified atom stereocenters. The smallest absolute Gasteiger partial charge is 0.234 e. The second-order valence-electron chi connectivity index (χ2n) is 6.07. The molecule has 2 aromatic rings. The van der Waals surface area contributed by atoms with Gasteiger partial charge in [0.25, 0.3) is 0 Å². The second kappa shape index (κ2) is 7.93. The van der Waals surface area contributed by atoms with Crippen molar-refractivity contribution in [2.24, 2.45) is 10.7 Å². The summed E-state index contributed by atoms with van der Waals surface area (Å²) in [7, 11) is 6.01. The highest BCUT2D eigenvalue weighted by Crippen LogP contribution is 2.31. The molecule has 6 heteroatoms. The van der Waals surface area contributed by atoms with E-state index in [0.717, 1.165) is 38.3 Å². The molecule has 0 bridgehead atoms. The van der Waals surface area contributed by atoms with Crippen LogP contribution in [0.15, 0.2) is 69.4 Å². The maximum Gasteiger partial charge on any atom is 0.234 e. The Hall–Kier alpha value is -2.31. The molecule has 3 N–H and O–H groups in total. The number of hydrogen-bond acceptors (Lipinski definition) is 3. The molecule has 0 atom stereocenters. The summed E-state index contributed by atoms with van der Waals surface area (Å²) in [5.41, 5.74) is 11.3. The van der Waals surface area contributed by atoms with Gasteiger partial charge in [0.05, 0.1) is 11.4 Å². The fraction of sp³-hybridized carbons (Fsp3) is 0.150. The Morgan fingerprint density at radius 2 is 2.15 bits per heavy atom. The highest BCUT2D eigenvalue weighted by atomic mass is 79.9. The lowest BCUT2D eigenvalue weighted by molar-refractivity contribution is 0.474. The number of aromatic nitrogens is 1. The van der Waals surface area contributed by atoms with Crippen molar-refractivity contribution in [3.63, 3.8) is 0 Å². The van der Waals surface area contributed by atoms with E-state index in [1.165, 1.54) is 0 Å². The van der Waals surface area contributed by atoms with Crippen LogP contribution < -0.4 is 5.73 Å². The van der Waals surface area contributed by atoms with Crippen LogP contribution in [0.1, 0.15) is 24.6 Å². The first-order valence-corrected chi connectivity index (χ1v) is 9.09. The van der Waals surface area contributed by atoms with Crippen LogP contribution in [-0.2, 0) is 0 Å². The Balaban J connectivity index is 1.97. The molecule has 0 spiro atoms. The van der Waals surface area contributed by atoms with Crippen LogP contribution in [0.5, 0.6) is 5.75 Å². The highest BCUT2D eigenvalue weighted by molar-refractivity contribution is 9.10. The topological polar surface area (TPSA) is 63.5 Å². The van der Waals surface area contributed by atoms with Crippen molar-refractivity contribution in [2.75, 3.05) is 6.54 Å². The number of aliphatic imine (C=N–C) groups is 1. The molecule has 1 aromatic heterocycles. The number of phenols is 1. The van der Waals surface area contributed by atoms with Crippen LogP contribution >= 0.6 is 15.9 Å². The average molecular weight is 408 g/mol. The normalized spacial score (nSPS) is 16.1. The van der Waals surface area contributed by atoms with Gasteiger partial charge in [0.1, 0.15) is 5.75 Å². The van der Waals surface area contributed by atoms with Gasteiger partial charge in [-0.2, -0.15) is 0 Å². The Morgan fingerprint density at radius 1 is 1.35 bits per heavy atom. The van der Waals surface area contributed by atoms with Crippen LogP contribution in [0.25, 0.3) is 11.6 Å². The molecule has 26 heavy (non-hydrogen) atoms. The van der Waals surface area contributed by atoms with Crippen molar-refractivity contribution in [3.8, 4) is 5.75 Å². The van der Waals surface area contributed by atoms with Crippen LogP contribution in [0.2, 0.25) is 0 Å². The average Bonchev–Trinajstić information content (AvgIpc) is 3.19. The Kier molecular flexibility index (Phi) is 5.64. The lowest BCUT2D eigenvalue weighted by Gasteiger charge is -2.11. The van der Waals surface area contributed by atoms with Gasteiger partial charge in [-0.1, -0.05) is 15.9 Å². The van der Waals surface area contributed by atoms with Gasteiger partial charge >= 0.3 is 0 Å². The van der Waals surface area contributed by atoms with Gasteiger partial charge in [-0.25, -0.2) is 4.99 Å². The number of allylic oxidation sites excluding steroid dienone is 3. The van der Waals surface area contributed by atoms with Crippen LogP contribution in [0, 0.1) is 0 Å². The number of nitrogens with zero attached hydrogens (tertiary/aromatic N) is 2. The summed E-state index contributed by atoms with van der Waals surface area (Å²) in [5, 5.41) is 9.96. The number of halogens is 1. The summed E-state index contributed by atoms with van der Waals surface area (Å²) in [6, 6.07) is 9.18. The third-order valence-electron chi connectivity index (χ3n) is 4.17. The number of phenolic OH excluding ortho intramolecular Hbond substituents is 1. The van der Waals surface area contributed by atoms with Crippen molar-refractivity contribution in [2.45, 2.75) is 13.3 Å². The van der Waals surface area contributed by atoms with E-state index < -0.39 is 0 Å². The largest absolute Gasteiger partial charge is 0.507 e. The summed E-state index contributed by atoms with van der Waals surface area (Å²) >= 11 is 3.41. The van der Waals surface area contributed by atoms with Crippen molar-refractivity contribution in [3.05, 3.63) is 75.7 Å². The summed E-state index contributed by atoms with van der Waals surface area (Å²) in [6.07, 6.45) is 8.25. The van der Waals surface area contributed by atoms with E-state index >= 15 is 0 Å². The number of aromatic hydroxyl groups is 1. The zero-order valence-electron chi connectivity index (χ0n) is 14.5. The van der Waals surface area contributed by atoms with Gasteiger partial charge in [-0.3, -0.25) is 0 Å². The second-order valence-corrected chi connectivity index (χ2v) is 6.98. The SMILES string of the molecule is [B]n1cccc1/C(CCN)=C1N=C(/C=C/c2cc(Br)ccc2O)C=C\1C. The first-order valence-electron chi connectivity index (χ1n) is 8.29. The molecule has 130 valence electrons. The third-order valence-corrected chi connectivity index (χ3v) is 4.66. The fourth-order valence-electron chi connectivity index (χ4n) is 2.93. The molecular formula is C20H19BBrN3O. The third kappa shape index (κ3) is 3.92. The first-order chi connectivity index (χ1) is 12.5. The molecule has 1 aliphatic rings. The predicted molar refractivity (Wildman–Crippen MR) is 112 cm³/mol. The summed E-state index contributed by atoms with van der Waals surface area (Å²) in [4.78, 5) is 4.75. The van der Waals surface area contributed by atoms with Crippen LogP contribution in [-0.4, -0.2) is 29.8 Å². The summed E-state index contributed by atoms with van der Waals surface area (Å²) in [6.45, 7) is 2.54. The summed E-state index contributed by atoms with van der Waals surface area (Å²) in [5.74, 6) is 0.226. The number of nitrogens with two attached hydrogens (primary N) is 1. The fourth-order valence-corrected chi connectivity index (χ4v) is 3.31. The lowest BCUT2D eigenvalue weighted by atomic mass is 10.0. The van der Waals surface area contributed by atoms with E-state index in [2.05, 4.69) is 15.9 Å². The molecule has 1 aromatic carbocycles. The van der Waals surface area contributed by atoms with Gasteiger partial charge < -0.3 is 15.3 Å². The molecule has 4 nitrogen and oxygen atoms in total. The molecule has 0 fully saturated rings. The molecule has 2 radical (unpaired) electrons. The van der Waals surface area contributed by atoms with E-state index in [9.17, 15) is 5.11 Å². The molecule has 0 saturated heterocycles. The number of rotatable bonds is 5. The Morgan fingerprint density at radius 3 is 2.85 bits per heavy atom. The van der Waals surface area contributed by atoms with E-state index in [0.29, 0.717) is 13.0 Å². The van der Waals surface area contributed by atoms with Crippen LogP contribution in [0.4, 0.5) is 0 Å².